The lowest BCUT2D eigenvalue weighted by atomic mass is 10.2. The van der Waals surface area contributed by atoms with Gasteiger partial charge in [0.1, 0.15) is 17.4 Å². The van der Waals surface area contributed by atoms with Gasteiger partial charge in [0.25, 0.3) is 0 Å². The Labute approximate surface area is 161 Å². The van der Waals surface area contributed by atoms with Crippen molar-refractivity contribution in [3.8, 4) is 10.8 Å². The average molecular weight is 379 g/mol. The molecule has 0 unspecified atom stereocenters. The van der Waals surface area contributed by atoms with E-state index >= 15 is 0 Å². The minimum atomic E-state index is 0.660. The van der Waals surface area contributed by atoms with Crippen LogP contribution in [0, 0.1) is 0 Å². The maximum absolute atomic E-state index is 5.99. The Morgan fingerprint density at radius 3 is 2.96 bits per heavy atom. The molecule has 138 valence electrons. The molecule has 1 aromatic carbocycles. The van der Waals surface area contributed by atoms with Gasteiger partial charge in [-0.25, -0.2) is 4.98 Å². The summed E-state index contributed by atoms with van der Waals surface area (Å²) in [4.78, 5) is 4.66. The van der Waals surface area contributed by atoms with Crippen molar-refractivity contribution in [3.63, 3.8) is 0 Å². The molecule has 0 saturated heterocycles. The fourth-order valence-electron chi connectivity index (χ4n) is 3.54. The summed E-state index contributed by atoms with van der Waals surface area (Å²) in [5.41, 5.74) is 1.01. The summed E-state index contributed by atoms with van der Waals surface area (Å²) in [6.45, 7) is 2.39. The Morgan fingerprint density at radius 1 is 1.04 bits per heavy atom. The molecule has 1 aliphatic rings. The van der Waals surface area contributed by atoms with Crippen LogP contribution in [0.15, 0.2) is 40.8 Å². The van der Waals surface area contributed by atoms with Gasteiger partial charge in [-0.05, 0) is 37.1 Å². The van der Waals surface area contributed by atoms with E-state index in [0.717, 1.165) is 46.7 Å². The maximum atomic E-state index is 5.99. The van der Waals surface area contributed by atoms with Crippen molar-refractivity contribution in [2.75, 3.05) is 0 Å². The highest BCUT2D eigenvalue weighted by Gasteiger charge is 2.15. The van der Waals surface area contributed by atoms with Crippen LogP contribution in [0.5, 0.6) is 0 Å². The summed E-state index contributed by atoms with van der Waals surface area (Å²) >= 11 is 1.66. The van der Waals surface area contributed by atoms with Gasteiger partial charge in [-0.15, -0.1) is 21.5 Å². The molecule has 1 N–H and O–H groups in total. The van der Waals surface area contributed by atoms with E-state index in [2.05, 4.69) is 31.1 Å². The van der Waals surface area contributed by atoms with Gasteiger partial charge in [-0.2, -0.15) is 0 Å². The van der Waals surface area contributed by atoms with Gasteiger partial charge in [-0.3, -0.25) is 0 Å². The van der Waals surface area contributed by atoms with Crippen molar-refractivity contribution >= 4 is 21.6 Å². The molecule has 0 saturated carbocycles. The van der Waals surface area contributed by atoms with E-state index in [1.54, 1.807) is 11.3 Å². The lowest BCUT2D eigenvalue weighted by Crippen LogP contribution is -2.17. The molecule has 0 radical (unpaired) electrons. The number of para-hydroxylation sites is 1. The van der Waals surface area contributed by atoms with E-state index in [9.17, 15) is 0 Å². The molecular weight excluding hydrogens is 358 g/mol. The fourth-order valence-corrected chi connectivity index (χ4v) is 4.47. The number of furan rings is 1. The molecule has 0 amide bonds. The van der Waals surface area contributed by atoms with Crippen molar-refractivity contribution in [2.45, 2.75) is 45.3 Å². The number of rotatable bonds is 5. The highest BCUT2D eigenvalue weighted by molar-refractivity contribution is 7.21. The van der Waals surface area contributed by atoms with Crippen molar-refractivity contribution < 1.29 is 4.42 Å². The first-order chi connectivity index (χ1) is 13.4. The number of thiazole rings is 1. The molecule has 0 fully saturated rings. The van der Waals surface area contributed by atoms with E-state index in [0.29, 0.717) is 13.1 Å². The standard InChI is InChI=1S/C20H21N5OS/c1-2-8-18-23-24-19(25(18)11-5-1)13-21-12-14-9-10-16(26-14)20-22-15-6-3-4-7-17(15)27-20/h3-4,6-7,9-10,21H,1-2,5,8,11-13H2. The molecule has 0 bridgehead atoms. The Hall–Kier alpha value is -2.51. The summed E-state index contributed by atoms with van der Waals surface area (Å²) in [6, 6.07) is 12.2. The molecule has 1 aliphatic heterocycles. The Kier molecular flexibility index (Phi) is 4.47. The maximum Gasteiger partial charge on any atom is 0.163 e. The zero-order valence-corrected chi connectivity index (χ0v) is 15.8. The van der Waals surface area contributed by atoms with Crippen molar-refractivity contribution in [1.82, 2.24) is 25.1 Å². The van der Waals surface area contributed by atoms with Gasteiger partial charge >= 0.3 is 0 Å². The highest BCUT2D eigenvalue weighted by Crippen LogP contribution is 2.31. The number of benzene rings is 1. The van der Waals surface area contributed by atoms with E-state index in [1.165, 1.54) is 24.0 Å². The predicted molar refractivity (Wildman–Crippen MR) is 105 cm³/mol. The normalized spacial score (nSPS) is 14.4. The summed E-state index contributed by atoms with van der Waals surface area (Å²) in [5, 5.41) is 13.1. The topological polar surface area (TPSA) is 68.8 Å². The van der Waals surface area contributed by atoms with Crippen molar-refractivity contribution in [1.29, 1.82) is 0 Å². The fraction of sp³-hybridized carbons (Fsp3) is 0.350. The SMILES string of the molecule is c1ccc2sc(-c3ccc(CNCc4nnc5n4CCCCC5)o3)nc2c1. The molecule has 6 nitrogen and oxygen atoms in total. The van der Waals surface area contributed by atoms with Crippen molar-refractivity contribution in [3.05, 3.63) is 53.8 Å². The first kappa shape index (κ1) is 16.6. The number of aryl methyl sites for hydroxylation is 1. The quantitative estimate of drug-likeness (QED) is 0.564. The van der Waals surface area contributed by atoms with Crippen LogP contribution in [-0.4, -0.2) is 19.7 Å². The zero-order chi connectivity index (χ0) is 18.1. The second kappa shape index (κ2) is 7.25. The van der Waals surface area contributed by atoms with Crippen molar-refractivity contribution in [2.24, 2.45) is 0 Å². The van der Waals surface area contributed by atoms with Gasteiger partial charge < -0.3 is 14.3 Å². The van der Waals surface area contributed by atoms with E-state index in [4.69, 9.17) is 4.42 Å². The molecule has 4 heterocycles. The number of hydrogen-bond donors (Lipinski definition) is 1. The van der Waals surface area contributed by atoms with Crippen LogP contribution in [0.2, 0.25) is 0 Å². The third-order valence-corrected chi connectivity index (χ3v) is 5.99. The molecule has 27 heavy (non-hydrogen) atoms. The Bertz CT molecular complexity index is 1030. The third-order valence-electron chi connectivity index (χ3n) is 4.93. The monoisotopic (exact) mass is 379 g/mol. The van der Waals surface area contributed by atoms with E-state index in [-0.39, 0.29) is 0 Å². The van der Waals surface area contributed by atoms with Crippen LogP contribution in [-0.2, 0) is 26.1 Å². The van der Waals surface area contributed by atoms with Crippen LogP contribution in [0.25, 0.3) is 21.0 Å². The first-order valence-electron chi connectivity index (χ1n) is 9.43. The molecule has 4 aromatic rings. The molecule has 3 aromatic heterocycles. The van der Waals surface area contributed by atoms with Crippen LogP contribution < -0.4 is 5.32 Å². The van der Waals surface area contributed by atoms with Crippen LogP contribution in [0.1, 0.15) is 36.7 Å². The number of nitrogens with zero attached hydrogens (tertiary/aromatic N) is 4. The van der Waals surface area contributed by atoms with E-state index < -0.39 is 0 Å². The van der Waals surface area contributed by atoms with Crippen LogP contribution in [0.4, 0.5) is 0 Å². The molecule has 0 atom stereocenters. The summed E-state index contributed by atoms with van der Waals surface area (Å²) < 4.78 is 9.44. The van der Waals surface area contributed by atoms with Crippen LogP contribution >= 0.6 is 11.3 Å². The minimum Gasteiger partial charge on any atom is -0.457 e. The number of fused-ring (bicyclic) bond motifs is 2. The second-order valence-corrected chi connectivity index (χ2v) is 7.88. The Morgan fingerprint density at radius 2 is 2.00 bits per heavy atom. The number of nitrogens with one attached hydrogen (secondary N) is 1. The molecule has 0 aliphatic carbocycles. The average Bonchev–Trinajstić information content (AvgIpc) is 3.37. The Balaban J connectivity index is 1.24. The second-order valence-electron chi connectivity index (χ2n) is 6.85. The smallest absolute Gasteiger partial charge is 0.163 e. The summed E-state index contributed by atoms with van der Waals surface area (Å²) in [5.74, 6) is 3.87. The minimum absolute atomic E-state index is 0.660. The molecular formula is C20H21N5OS. The number of hydrogen-bond acceptors (Lipinski definition) is 6. The largest absolute Gasteiger partial charge is 0.457 e. The number of aromatic nitrogens is 4. The first-order valence-corrected chi connectivity index (χ1v) is 10.2. The van der Waals surface area contributed by atoms with Gasteiger partial charge in [0.05, 0.1) is 23.3 Å². The summed E-state index contributed by atoms with van der Waals surface area (Å²) in [6.07, 6.45) is 4.74. The third kappa shape index (κ3) is 3.40. The highest BCUT2D eigenvalue weighted by atomic mass is 32.1. The lowest BCUT2D eigenvalue weighted by molar-refractivity contribution is 0.484. The van der Waals surface area contributed by atoms with Gasteiger partial charge in [-0.1, -0.05) is 18.6 Å². The summed E-state index contributed by atoms with van der Waals surface area (Å²) in [7, 11) is 0. The molecule has 0 spiro atoms. The molecule has 7 heteroatoms. The lowest BCUT2D eigenvalue weighted by Gasteiger charge is -2.07. The van der Waals surface area contributed by atoms with Gasteiger partial charge in [0.15, 0.2) is 10.8 Å². The van der Waals surface area contributed by atoms with Gasteiger partial charge in [0, 0.05) is 13.0 Å². The zero-order valence-electron chi connectivity index (χ0n) is 15.0. The van der Waals surface area contributed by atoms with Gasteiger partial charge in [0.2, 0.25) is 0 Å². The van der Waals surface area contributed by atoms with Crippen LogP contribution in [0.3, 0.4) is 0 Å². The molecule has 5 rings (SSSR count). The van der Waals surface area contributed by atoms with E-state index in [1.807, 2.05) is 30.3 Å². The predicted octanol–water partition coefficient (Wildman–Crippen LogP) is 4.16.